The topological polar surface area (TPSA) is 53.0 Å². The van der Waals surface area contributed by atoms with Crippen LogP contribution in [0.25, 0.3) is 0 Å². The zero-order chi connectivity index (χ0) is 22.2. The van der Waals surface area contributed by atoms with Gasteiger partial charge in [-0.25, -0.2) is 0 Å². The maximum Gasteiger partial charge on any atom is 0.303 e. The first-order chi connectivity index (χ1) is 14.8. The minimum absolute atomic E-state index is 0.109. The van der Waals surface area contributed by atoms with E-state index in [0.29, 0.717) is 11.8 Å². The highest BCUT2D eigenvalue weighted by atomic mass is 16.5. The molecule has 1 radical (unpaired) electrons. The Morgan fingerprint density at radius 3 is 2.52 bits per heavy atom. The molecule has 0 aromatic rings. The summed E-state index contributed by atoms with van der Waals surface area (Å²) in [7, 11) is 0. The fraction of sp³-hybridized carbons (Fsp3) is 0.846. The Kier molecular flexibility index (Phi) is 7.15. The molecule has 0 aromatic heterocycles. The highest BCUT2D eigenvalue weighted by Gasteiger charge is 2.53. The van der Waals surface area contributed by atoms with Gasteiger partial charge in [0.05, 0.1) is 5.60 Å². The van der Waals surface area contributed by atoms with Crippen LogP contribution in [0.3, 0.4) is 0 Å². The van der Waals surface area contributed by atoms with Crippen LogP contribution in [0.5, 0.6) is 0 Å². The number of hydrogen-bond donors (Lipinski definition) is 1. The lowest BCUT2D eigenvalue weighted by molar-refractivity contribution is -0.148. The Hall–Kier alpha value is -0.910. The molecule has 175 valence electrons. The van der Waals surface area contributed by atoms with Crippen LogP contribution in [0, 0.1) is 30.1 Å². The van der Waals surface area contributed by atoms with Gasteiger partial charge in [0.15, 0.2) is 0 Å². The lowest BCUT2D eigenvalue weighted by Crippen LogP contribution is -2.57. The predicted molar refractivity (Wildman–Crippen MR) is 123 cm³/mol. The van der Waals surface area contributed by atoms with Crippen molar-refractivity contribution in [1.82, 2.24) is 9.80 Å². The van der Waals surface area contributed by atoms with Gasteiger partial charge < -0.3 is 14.7 Å². The molecule has 5 heteroatoms. The molecular formula is C26H43N2O3. The van der Waals surface area contributed by atoms with E-state index in [1.165, 1.54) is 58.8 Å². The van der Waals surface area contributed by atoms with Crippen molar-refractivity contribution in [3.63, 3.8) is 0 Å². The van der Waals surface area contributed by atoms with Crippen molar-refractivity contribution in [2.45, 2.75) is 84.0 Å². The summed E-state index contributed by atoms with van der Waals surface area (Å²) >= 11 is 0. The van der Waals surface area contributed by atoms with E-state index >= 15 is 0 Å². The lowest BCUT2D eigenvalue weighted by Gasteiger charge is -2.53. The Bertz CT molecular complexity index is 666. The second-order valence-corrected chi connectivity index (χ2v) is 10.9. The standard InChI is InChI=1S/C26H43N2O3/c1-18-15-24-23(10-9-20(3)26(24,30)16-25(18)31-21(4)29)19(2)17-27-11-13-28(14-12-27)22-7-5-6-8-22/h15-16,19-20,22-25,30H,5-14,17H2,1-4H3/t19?,20-,23+,24-,25-,26-/m1/s1. The second kappa shape index (κ2) is 9.52. The molecule has 2 saturated carbocycles. The molecule has 4 rings (SSSR count). The summed E-state index contributed by atoms with van der Waals surface area (Å²) < 4.78 is 5.50. The third-order valence-electron chi connectivity index (χ3n) is 8.85. The molecule has 6 atom stereocenters. The fourth-order valence-electron chi connectivity index (χ4n) is 6.88. The Morgan fingerprint density at radius 2 is 1.87 bits per heavy atom. The predicted octanol–water partition coefficient (Wildman–Crippen LogP) is 3.67. The maximum atomic E-state index is 11.7. The van der Waals surface area contributed by atoms with Crippen LogP contribution in [0.2, 0.25) is 0 Å². The van der Waals surface area contributed by atoms with Crippen molar-refractivity contribution in [2.75, 3.05) is 32.7 Å². The first-order valence-electron chi connectivity index (χ1n) is 12.7. The summed E-state index contributed by atoms with van der Waals surface area (Å²) in [5, 5.41) is 11.7. The van der Waals surface area contributed by atoms with Gasteiger partial charge in [0.1, 0.15) is 6.10 Å². The number of esters is 1. The number of ether oxygens (including phenoxy) is 1. The largest absolute Gasteiger partial charge is 0.458 e. The van der Waals surface area contributed by atoms with Crippen molar-refractivity contribution < 1.29 is 14.6 Å². The first kappa shape index (κ1) is 23.3. The monoisotopic (exact) mass is 431 g/mol. The Labute approximate surface area is 189 Å². The molecule has 1 N–H and O–H groups in total. The van der Waals surface area contributed by atoms with Crippen molar-refractivity contribution >= 4 is 5.97 Å². The molecule has 31 heavy (non-hydrogen) atoms. The van der Waals surface area contributed by atoms with E-state index in [1.807, 2.05) is 13.3 Å². The van der Waals surface area contributed by atoms with E-state index in [2.05, 4.69) is 29.7 Å². The fourth-order valence-corrected chi connectivity index (χ4v) is 6.88. The molecule has 0 aromatic carbocycles. The number of rotatable bonds is 5. The molecule has 0 amide bonds. The quantitative estimate of drug-likeness (QED) is 0.532. The average molecular weight is 432 g/mol. The normalized spacial score (nSPS) is 39.1. The van der Waals surface area contributed by atoms with Crippen LogP contribution >= 0.6 is 0 Å². The van der Waals surface area contributed by atoms with Crippen LogP contribution in [-0.4, -0.2) is 71.3 Å². The van der Waals surface area contributed by atoms with Crippen molar-refractivity contribution in [1.29, 1.82) is 0 Å². The number of carbonyl (C=O) groups excluding carboxylic acids is 1. The van der Waals surface area contributed by atoms with E-state index in [1.54, 1.807) is 0 Å². The summed E-state index contributed by atoms with van der Waals surface area (Å²) in [5.74, 6) is 0.987. The van der Waals surface area contributed by atoms with E-state index in [-0.39, 0.29) is 17.8 Å². The van der Waals surface area contributed by atoms with Gasteiger partial charge in [-0.3, -0.25) is 9.69 Å². The lowest BCUT2D eigenvalue weighted by atomic mass is 9.57. The minimum Gasteiger partial charge on any atom is -0.458 e. The van der Waals surface area contributed by atoms with Gasteiger partial charge in [-0.2, -0.15) is 0 Å². The molecule has 1 heterocycles. The number of aliphatic hydroxyl groups is 1. The van der Waals surface area contributed by atoms with E-state index in [4.69, 9.17) is 4.74 Å². The Balaban J connectivity index is 1.39. The van der Waals surface area contributed by atoms with Crippen LogP contribution in [0.4, 0.5) is 0 Å². The first-order valence-corrected chi connectivity index (χ1v) is 12.7. The van der Waals surface area contributed by atoms with Crippen molar-refractivity contribution in [3.8, 4) is 0 Å². The van der Waals surface area contributed by atoms with E-state index in [9.17, 15) is 9.90 Å². The van der Waals surface area contributed by atoms with Crippen molar-refractivity contribution in [3.05, 3.63) is 18.1 Å². The molecule has 3 aliphatic carbocycles. The molecule has 0 bridgehead atoms. The number of carbonyl (C=O) groups is 1. The molecule has 3 fully saturated rings. The van der Waals surface area contributed by atoms with E-state index in [0.717, 1.165) is 31.0 Å². The highest BCUT2D eigenvalue weighted by Crippen LogP contribution is 2.50. The van der Waals surface area contributed by atoms with Crippen LogP contribution in [0.15, 0.2) is 11.6 Å². The Morgan fingerprint density at radius 1 is 1.19 bits per heavy atom. The second-order valence-electron chi connectivity index (χ2n) is 10.9. The zero-order valence-corrected chi connectivity index (χ0v) is 20.1. The maximum absolute atomic E-state index is 11.7. The SMILES string of the molecule is CC(=O)O[C@@H]1[CH][C@@]2(O)[C@H](C)CC[C@@H](C(C)CN3CCN(C4CCCC4)CC3)[C@H]2C=C1C. The minimum atomic E-state index is -0.891. The summed E-state index contributed by atoms with van der Waals surface area (Å²) in [5.41, 5.74) is 0.166. The summed E-state index contributed by atoms with van der Waals surface area (Å²) in [6.07, 6.45) is 11.5. The molecule has 1 aliphatic heterocycles. The van der Waals surface area contributed by atoms with Crippen LogP contribution in [0.1, 0.15) is 66.2 Å². The molecule has 5 nitrogen and oxygen atoms in total. The van der Waals surface area contributed by atoms with Crippen LogP contribution in [-0.2, 0) is 9.53 Å². The zero-order valence-electron chi connectivity index (χ0n) is 20.1. The third kappa shape index (κ3) is 4.89. The summed E-state index contributed by atoms with van der Waals surface area (Å²) in [6, 6.07) is 0.838. The number of piperazine rings is 1. The van der Waals surface area contributed by atoms with Gasteiger partial charge >= 0.3 is 5.97 Å². The molecular weight excluding hydrogens is 388 g/mol. The number of nitrogens with zero attached hydrogens (tertiary/aromatic N) is 2. The number of fused-ring (bicyclic) bond motifs is 1. The number of hydrogen-bond acceptors (Lipinski definition) is 5. The van der Waals surface area contributed by atoms with E-state index < -0.39 is 11.7 Å². The van der Waals surface area contributed by atoms with Gasteiger partial charge in [0.25, 0.3) is 0 Å². The average Bonchev–Trinajstić information content (AvgIpc) is 3.25. The molecule has 0 spiro atoms. The molecule has 1 unspecified atom stereocenters. The molecule has 4 aliphatic rings. The van der Waals surface area contributed by atoms with Gasteiger partial charge in [0.2, 0.25) is 0 Å². The van der Waals surface area contributed by atoms with Gasteiger partial charge in [-0.15, -0.1) is 0 Å². The molecule has 1 saturated heterocycles. The summed E-state index contributed by atoms with van der Waals surface area (Å²) in [4.78, 5) is 16.9. The third-order valence-corrected chi connectivity index (χ3v) is 8.85. The smallest absolute Gasteiger partial charge is 0.303 e. The van der Waals surface area contributed by atoms with Gasteiger partial charge in [-0.1, -0.05) is 32.8 Å². The summed E-state index contributed by atoms with van der Waals surface area (Å²) in [6.45, 7) is 13.9. The van der Waals surface area contributed by atoms with Gasteiger partial charge in [-0.05, 0) is 55.9 Å². The van der Waals surface area contributed by atoms with Crippen LogP contribution < -0.4 is 0 Å². The van der Waals surface area contributed by atoms with Crippen molar-refractivity contribution in [2.24, 2.45) is 23.7 Å². The van der Waals surface area contributed by atoms with Gasteiger partial charge in [0, 0.05) is 58.0 Å². The highest BCUT2D eigenvalue weighted by molar-refractivity contribution is 5.66.